The van der Waals surface area contributed by atoms with Gasteiger partial charge in [-0.15, -0.1) is 0 Å². The molecule has 0 aliphatic heterocycles. The van der Waals surface area contributed by atoms with E-state index in [1.807, 2.05) is 12.1 Å². The highest BCUT2D eigenvalue weighted by atomic mass is 15.1. The fourth-order valence-electron chi connectivity index (χ4n) is 12.7. The minimum Gasteiger partial charge on any atom is -0.344 e. The molecule has 7 heteroatoms. The average molecular weight is 998 g/mol. The molecule has 0 saturated heterocycles. The van der Waals surface area contributed by atoms with Gasteiger partial charge in [0.15, 0.2) is 17.5 Å². The van der Waals surface area contributed by atoms with E-state index in [9.17, 15) is 0 Å². The Balaban J connectivity index is 1.11. The van der Waals surface area contributed by atoms with Gasteiger partial charge in [-0.1, -0.05) is 188 Å². The zero-order chi connectivity index (χ0) is 51.6. The number of aryl methyl sites for hydroxylation is 2. The lowest BCUT2D eigenvalue weighted by Gasteiger charge is -2.26. The van der Waals surface area contributed by atoms with Crippen LogP contribution >= 0.6 is 0 Å². The molecule has 0 radical (unpaired) electrons. The third-order valence-corrected chi connectivity index (χ3v) is 16.1. The van der Waals surface area contributed by atoms with Crippen LogP contribution < -0.4 is 0 Å². The first kappa shape index (κ1) is 44.0. The molecule has 0 saturated carbocycles. The Morgan fingerprint density at radius 1 is 0.269 bits per heavy atom. The standard InChI is InChI=1S/C71H47N7/c1-44-41-65(76-59-32-16-10-25-49(59)50-26-11-17-33-60(50)76)68(77-61-34-18-12-27-51(61)52-28-13-19-35-62(52)77)66(71-73-69(45-21-5-3-6-22-45)72-70(74-71)46-23-7-4-8-24-46)67(44)78-63-36-20-14-29-53(63)55-39-37-48(43-64(55)78)47-38-40-58-56(42-47)54-30-9-15-31-57(54)75(58)2/h3-43H,1-2H3. The summed E-state index contributed by atoms with van der Waals surface area (Å²) in [6.07, 6.45) is 0. The van der Waals surface area contributed by atoms with Crippen molar-refractivity contribution in [3.05, 3.63) is 254 Å². The Morgan fingerprint density at radius 3 is 1.15 bits per heavy atom. The van der Waals surface area contributed by atoms with Gasteiger partial charge in [0.05, 0.1) is 55.7 Å². The van der Waals surface area contributed by atoms with Crippen LogP contribution in [0.3, 0.4) is 0 Å². The summed E-state index contributed by atoms with van der Waals surface area (Å²) in [7, 11) is 2.16. The first-order valence-electron chi connectivity index (χ1n) is 26.6. The van der Waals surface area contributed by atoms with Crippen molar-refractivity contribution in [3.8, 4) is 62.4 Å². The van der Waals surface area contributed by atoms with Gasteiger partial charge in [0.2, 0.25) is 0 Å². The predicted octanol–water partition coefficient (Wildman–Crippen LogP) is 17.8. The minimum absolute atomic E-state index is 0.559. The smallest absolute Gasteiger partial charge is 0.168 e. The highest BCUT2D eigenvalue weighted by Gasteiger charge is 2.31. The number of fused-ring (bicyclic) bond motifs is 12. The van der Waals surface area contributed by atoms with Crippen LogP contribution in [0, 0.1) is 6.92 Å². The average Bonchev–Trinajstić information content (AvgIpc) is 4.41. The Bertz CT molecular complexity index is 4950. The minimum atomic E-state index is 0.559. The van der Waals surface area contributed by atoms with E-state index < -0.39 is 0 Å². The molecule has 0 fully saturated rings. The number of hydrogen-bond acceptors (Lipinski definition) is 3. The zero-order valence-corrected chi connectivity index (χ0v) is 42.8. The summed E-state index contributed by atoms with van der Waals surface area (Å²) in [6.45, 7) is 2.27. The molecular formula is C71H47N7. The summed E-state index contributed by atoms with van der Waals surface area (Å²) < 4.78 is 9.74. The molecule has 16 rings (SSSR count). The fourth-order valence-corrected chi connectivity index (χ4v) is 12.7. The van der Waals surface area contributed by atoms with Crippen molar-refractivity contribution < 1.29 is 0 Å². The highest BCUT2D eigenvalue weighted by Crippen LogP contribution is 2.48. The number of nitrogens with zero attached hydrogens (tertiary/aromatic N) is 7. The maximum atomic E-state index is 5.71. The van der Waals surface area contributed by atoms with E-state index in [4.69, 9.17) is 15.0 Å². The van der Waals surface area contributed by atoms with Crippen LogP contribution in [0.25, 0.3) is 150 Å². The molecule has 0 amide bonds. The maximum absolute atomic E-state index is 5.71. The summed E-state index contributed by atoms with van der Waals surface area (Å²) in [5.74, 6) is 1.74. The molecule has 78 heavy (non-hydrogen) atoms. The van der Waals surface area contributed by atoms with Gasteiger partial charge in [0, 0.05) is 72.3 Å². The summed E-state index contributed by atoms with van der Waals surface area (Å²) in [5, 5.41) is 9.47. The molecule has 0 aliphatic rings. The fraction of sp³-hybridized carbons (Fsp3) is 0.0282. The van der Waals surface area contributed by atoms with Crippen LogP contribution in [0.4, 0.5) is 0 Å². The summed E-state index contributed by atoms with van der Waals surface area (Å²) >= 11 is 0. The van der Waals surface area contributed by atoms with E-state index in [1.165, 1.54) is 32.6 Å². The number of para-hydroxylation sites is 6. The van der Waals surface area contributed by atoms with E-state index in [-0.39, 0.29) is 0 Å². The van der Waals surface area contributed by atoms with Gasteiger partial charge < -0.3 is 18.3 Å². The van der Waals surface area contributed by atoms with Crippen molar-refractivity contribution in [3.63, 3.8) is 0 Å². The molecular weight excluding hydrogens is 951 g/mol. The Morgan fingerprint density at radius 2 is 0.641 bits per heavy atom. The van der Waals surface area contributed by atoms with Crippen LogP contribution in [-0.4, -0.2) is 33.2 Å². The largest absolute Gasteiger partial charge is 0.344 e. The third kappa shape index (κ3) is 6.48. The first-order chi connectivity index (χ1) is 38.6. The topological polar surface area (TPSA) is 58.4 Å². The van der Waals surface area contributed by atoms with Crippen molar-refractivity contribution in [1.29, 1.82) is 0 Å². The molecule has 5 heterocycles. The second kappa shape index (κ2) is 17.1. The molecule has 0 aliphatic carbocycles. The molecule has 0 unspecified atom stereocenters. The van der Waals surface area contributed by atoms with Crippen molar-refractivity contribution in [2.45, 2.75) is 6.92 Å². The summed E-state index contributed by atoms with van der Waals surface area (Å²) in [6, 6.07) is 89.7. The molecule has 7 nitrogen and oxygen atoms in total. The monoisotopic (exact) mass is 997 g/mol. The summed E-state index contributed by atoms with van der Waals surface area (Å²) in [5.41, 5.74) is 17.9. The van der Waals surface area contributed by atoms with Crippen molar-refractivity contribution in [2.24, 2.45) is 7.05 Å². The zero-order valence-electron chi connectivity index (χ0n) is 42.8. The quantitative estimate of drug-likeness (QED) is 0.160. The molecule has 0 N–H and O–H groups in total. The molecule has 0 spiro atoms. The molecule has 5 aromatic heterocycles. The Labute approximate surface area is 448 Å². The van der Waals surface area contributed by atoms with Crippen LogP contribution in [-0.2, 0) is 7.05 Å². The Hall–Kier alpha value is -10.4. The van der Waals surface area contributed by atoms with Gasteiger partial charge in [0.1, 0.15) is 0 Å². The second-order valence-corrected chi connectivity index (χ2v) is 20.5. The lowest BCUT2D eigenvalue weighted by atomic mass is 9.99. The van der Waals surface area contributed by atoms with Crippen molar-refractivity contribution in [1.82, 2.24) is 33.2 Å². The first-order valence-corrected chi connectivity index (χ1v) is 26.6. The van der Waals surface area contributed by atoms with Crippen LogP contribution in [0.5, 0.6) is 0 Å². The Kier molecular flexibility index (Phi) is 9.63. The molecule has 366 valence electrons. The normalized spacial score (nSPS) is 12.0. The van der Waals surface area contributed by atoms with E-state index >= 15 is 0 Å². The van der Waals surface area contributed by atoms with Gasteiger partial charge >= 0.3 is 0 Å². The van der Waals surface area contributed by atoms with Crippen LogP contribution in [0.1, 0.15) is 5.56 Å². The van der Waals surface area contributed by atoms with E-state index in [2.05, 4.69) is 269 Å². The predicted molar refractivity (Wildman–Crippen MR) is 323 cm³/mol. The molecule has 0 bridgehead atoms. The lowest BCUT2D eigenvalue weighted by molar-refractivity contribution is 1.01. The van der Waals surface area contributed by atoms with Gasteiger partial charge in [-0.05, 0) is 84.3 Å². The van der Waals surface area contributed by atoms with Crippen LogP contribution in [0.2, 0.25) is 0 Å². The van der Waals surface area contributed by atoms with Gasteiger partial charge in [-0.25, -0.2) is 15.0 Å². The molecule has 11 aromatic carbocycles. The summed E-state index contributed by atoms with van der Waals surface area (Å²) in [4.78, 5) is 16.7. The number of benzene rings is 11. The van der Waals surface area contributed by atoms with Crippen molar-refractivity contribution >= 4 is 87.2 Å². The van der Waals surface area contributed by atoms with Crippen molar-refractivity contribution in [2.75, 3.05) is 0 Å². The number of hydrogen-bond donors (Lipinski definition) is 0. The SMILES string of the molecule is Cc1cc(-n2c3ccccc3c3ccccc32)c(-n2c3ccccc3c3ccccc32)c(-c2nc(-c3ccccc3)nc(-c3ccccc3)n2)c1-n1c2ccccc2c2ccc(-c3ccc4c(c3)c3ccccc3n4C)cc21. The van der Waals surface area contributed by atoms with E-state index in [0.29, 0.717) is 17.5 Å². The van der Waals surface area contributed by atoms with Gasteiger partial charge in [-0.2, -0.15) is 0 Å². The number of aromatic nitrogens is 7. The lowest BCUT2D eigenvalue weighted by Crippen LogP contribution is -2.13. The van der Waals surface area contributed by atoms with Gasteiger partial charge in [0.25, 0.3) is 0 Å². The molecule has 16 aromatic rings. The third-order valence-electron chi connectivity index (χ3n) is 16.1. The second-order valence-electron chi connectivity index (χ2n) is 20.5. The van der Waals surface area contributed by atoms with E-state index in [0.717, 1.165) is 105 Å². The van der Waals surface area contributed by atoms with Crippen LogP contribution in [0.15, 0.2) is 249 Å². The number of rotatable bonds is 7. The highest BCUT2D eigenvalue weighted by molar-refractivity contribution is 6.15. The van der Waals surface area contributed by atoms with E-state index in [1.54, 1.807) is 0 Å². The molecule has 0 atom stereocenters. The maximum Gasteiger partial charge on any atom is 0.168 e. The van der Waals surface area contributed by atoms with Gasteiger partial charge in [-0.3, -0.25) is 0 Å².